The molecule has 4 aromatic rings. The van der Waals surface area contributed by atoms with Crippen molar-refractivity contribution < 1.29 is 41.4 Å². The van der Waals surface area contributed by atoms with Gasteiger partial charge in [-0.05, 0) is 42.9 Å². The van der Waals surface area contributed by atoms with Crippen molar-refractivity contribution in [3.05, 3.63) is 65.9 Å². The highest BCUT2D eigenvalue weighted by Gasteiger charge is 2.42. The van der Waals surface area contributed by atoms with Crippen molar-refractivity contribution in [2.45, 2.75) is 25.1 Å². The fourth-order valence-corrected chi connectivity index (χ4v) is 4.67. The van der Waals surface area contributed by atoms with Gasteiger partial charge in [-0.25, -0.2) is 4.79 Å². The number of fused-ring (bicyclic) bond motifs is 1. The zero-order valence-corrected chi connectivity index (χ0v) is 23.5. The Labute approximate surface area is 249 Å². The van der Waals surface area contributed by atoms with E-state index < -0.39 is 23.8 Å². The van der Waals surface area contributed by atoms with E-state index in [4.69, 9.17) is 13.9 Å². The summed E-state index contributed by atoms with van der Waals surface area (Å²) in [5.41, 5.74) is 2.37. The second-order valence-electron chi connectivity index (χ2n) is 9.89. The molecule has 44 heavy (non-hydrogen) atoms. The van der Waals surface area contributed by atoms with Crippen LogP contribution in [0.2, 0.25) is 0 Å². The van der Waals surface area contributed by atoms with Crippen LogP contribution < -0.4 is 20.1 Å². The fraction of sp³-hybridized carbons (Fsp3) is 0.290. The van der Waals surface area contributed by atoms with Crippen molar-refractivity contribution in [2.75, 3.05) is 33.4 Å². The second-order valence-corrected chi connectivity index (χ2v) is 9.89. The van der Waals surface area contributed by atoms with E-state index in [9.17, 15) is 28.0 Å². The van der Waals surface area contributed by atoms with Crippen molar-refractivity contribution in [3.8, 4) is 40.0 Å². The standard InChI is InChI=1S/C31H27F3N4O6/c1-36-10-11-38-29(39)23-4-2-19(15-27(23)44-30(40)31(32,33)34)26-16-24-28(43-26)22(6-9-37-24)18-3-5-25(20(14-18)17-35)42-21-7-12-41-13-8-21/h2-6,9,14-16,21,36H,7-8,10-13H2,1H3,(H,38,39). The number of aromatic nitrogens is 1. The van der Waals surface area contributed by atoms with E-state index in [1.165, 1.54) is 12.1 Å². The Morgan fingerprint density at radius 1 is 1.05 bits per heavy atom. The molecule has 1 fully saturated rings. The van der Waals surface area contributed by atoms with Crippen LogP contribution in [0.25, 0.3) is 33.6 Å². The number of likely N-dealkylation sites (N-methyl/N-ethyl adjacent to an activating group) is 1. The molecule has 0 unspecified atom stereocenters. The van der Waals surface area contributed by atoms with E-state index in [0.717, 1.165) is 18.9 Å². The normalized spacial score (nSPS) is 13.8. The average Bonchev–Trinajstić information content (AvgIpc) is 3.46. The average molecular weight is 609 g/mol. The maximum absolute atomic E-state index is 13.0. The van der Waals surface area contributed by atoms with Crippen LogP contribution in [0.15, 0.2) is 59.1 Å². The van der Waals surface area contributed by atoms with Gasteiger partial charge in [-0.15, -0.1) is 0 Å². The van der Waals surface area contributed by atoms with Gasteiger partial charge in [0.2, 0.25) is 0 Å². The number of hydrogen-bond donors (Lipinski definition) is 2. The number of amides is 1. The van der Waals surface area contributed by atoms with Gasteiger partial charge in [0.15, 0.2) is 5.58 Å². The van der Waals surface area contributed by atoms with Crippen molar-refractivity contribution >= 4 is 23.0 Å². The molecule has 1 amide bonds. The number of alkyl halides is 3. The molecule has 2 N–H and O–H groups in total. The lowest BCUT2D eigenvalue weighted by Crippen LogP contribution is -2.32. The minimum Gasteiger partial charge on any atom is -0.489 e. The van der Waals surface area contributed by atoms with Crippen LogP contribution >= 0.6 is 0 Å². The summed E-state index contributed by atoms with van der Waals surface area (Å²) in [5.74, 6) is -3.11. The maximum Gasteiger partial charge on any atom is 0.491 e. The van der Waals surface area contributed by atoms with Crippen LogP contribution in [-0.4, -0.2) is 62.5 Å². The Bertz CT molecular complexity index is 1720. The topological polar surface area (TPSA) is 136 Å². The highest BCUT2D eigenvalue weighted by atomic mass is 19.4. The first kappa shape index (κ1) is 30.5. The van der Waals surface area contributed by atoms with E-state index in [1.807, 2.05) is 0 Å². The van der Waals surface area contributed by atoms with Gasteiger partial charge in [0, 0.05) is 49.3 Å². The smallest absolute Gasteiger partial charge is 0.489 e. The molecule has 1 saturated heterocycles. The molecule has 2 aromatic heterocycles. The Morgan fingerprint density at radius 2 is 1.82 bits per heavy atom. The van der Waals surface area contributed by atoms with E-state index >= 15 is 0 Å². The van der Waals surface area contributed by atoms with Gasteiger partial charge >= 0.3 is 12.1 Å². The number of furan rings is 1. The summed E-state index contributed by atoms with van der Waals surface area (Å²) in [6.45, 7) is 1.80. The zero-order valence-electron chi connectivity index (χ0n) is 23.5. The summed E-state index contributed by atoms with van der Waals surface area (Å²) >= 11 is 0. The highest BCUT2D eigenvalue weighted by molar-refractivity contribution is 5.99. The summed E-state index contributed by atoms with van der Waals surface area (Å²) in [7, 11) is 1.67. The van der Waals surface area contributed by atoms with Crippen molar-refractivity contribution in [1.82, 2.24) is 15.6 Å². The number of hydrogen-bond acceptors (Lipinski definition) is 9. The molecule has 1 aliphatic heterocycles. The van der Waals surface area contributed by atoms with Gasteiger partial charge in [0.25, 0.3) is 5.91 Å². The summed E-state index contributed by atoms with van der Waals surface area (Å²) in [5, 5.41) is 15.2. The molecule has 5 rings (SSSR count). The van der Waals surface area contributed by atoms with Gasteiger partial charge < -0.3 is 29.3 Å². The summed E-state index contributed by atoms with van der Waals surface area (Å²) < 4.78 is 61.3. The minimum absolute atomic E-state index is 0.0481. The van der Waals surface area contributed by atoms with Crippen LogP contribution in [0.4, 0.5) is 13.2 Å². The minimum atomic E-state index is -5.28. The first-order valence-corrected chi connectivity index (χ1v) is 13.7. The lowest BCUT2D eigenvalue weighted by molar-refractivity contribution is -0.189. The number of rotatable bonds is 9. The van der Waals surface area contributed by atoms with Crippen LogP contribution in [-0.2, 0) is 9.53 Å². The van der Waals surface area contributed by atoms with Gasteiger partial charge in [0.05, 0.1) is 24.3 Å². The Balaban J connectivity index is 1.49. The second kappa shape index (κ2) is 13.2. The molecule has 0 atom stereocenters. The lowest BCUT2D eigenvalue weighted by atomic mass is 10.0. The number of halogens is 3. The molecule has 0 radical (unpaired) electrons. The molecule has 0 bridgehead atoms. The van der Waals surface area contributed by atoms with Crippen LogP contribution in [0.1, 0.15) is 28.8 Å². The number of nitrogens with zero attached hydrogens (tertiary/aromatic N) is 2. The highest BCUT2D eigenvalue weighted by Crippen LogP contribution is 2.37. The Morgan fingerprint density at radius 3 is 2.55 bits per heavy atom. The number of nitriles is 1. The maximum atomic E-state index is 13.0. The number of carbonyl (C=O) groups is 2. The molecule has 10 nitrogen and oxygen atoms in total. The van der Waals surface area contributed by atoms with Crippen LogP contribution in [0, 0.1) is 11.3 Å². The molecule has 1 aliphatic rings. The molecule has 0 saturated carbocycles. The molecule has 3 heterocycles. The van der Waals surface area contributed by atoms with E-state index in [1.54, 1.807) is 43.6 Å². The molecular weight excluding hydrogens is 581 g/mol. The zero-order chi connectivity index (χ0) is 31.3. The summed E-state index contributed by atoms with van der Waals surface area (Å²) in [6.07, 6.45) is -2.31. The Kier molecular flexibility index (Phi) is 9.12. The quantitative estimate of drug-likeness (QED) is 0.153. The Hall–Kier alpha value is -4.93. The lowest BCUT2D eigenvalue weighted by Gasteiger charge is -2.23. The van der Waals surface area contributed by atoms with E-state index in [0.29, 0.717) is 53.3 Å². The fourth-order valence-electron chi connectivity index (χ4n) is 4.67. The first-order valence-electron chi connectivity index (χ1n) is 13.7. The van der Waals surface area contributed by atoms with Crippen molar-refractivity contribution in [1.29, 1.82) is 5.26 Å². The number of esters is 1. The predicted octanol–water partition coefficient (Wildman–Crippen LogP) is 5.01. The van der Waals surface area contributed by atoms with Crippen molar-refractivity contribution in [2.24, 2.45) is 0 Å². The van der Waals surface area contributed by atoms with E-state index in [-0.39, 0.29) is 29.5 Å². The number of pyridine rings is 1. The number of nitrogens with one attached hydrogen (secondary N) is 2. The van der Waals surface area contributed by atoms with Gasteiger partial charge in [0.1, 0.15) is 34.9 Å². The third-order valence-electron chi connectivity index (χ3n) is 6.89. The van der Waals surface area contributed by atoms with Gasteiger partial charge in [-0.3, -0.25) is 9.78 Å². The summed E-state index contributed by atoms with van der Waals surface area (Å²) in [4.78, 5) is 28.7. The van der Waals surface area contributed by atoms with Gasteiger partial charge in [-0.2, -0.15) is 18.4 Å². The largest absolute Gasteiger partial charge is 0.491 e. The first-order chi connectivity index (χ1) is 21.2. The third-order valence-corrected chi connectivity index (χ3v) is 6.89. The molecule has 0 aliphatic carbocycles. The molecule has 2 aromatic carbocycles. The molecular formula is C31H27F3N4O6. The third kappa shape index (κ3) is 6.82. The number of benzene rings is 2. The predicted molar refractivity (Wildman–Crippen MR) is 152 cm³/mol. The molecule has 0 spiro atoms. The van der Waals surface area contributed by atoms with Crippen LogP contribution in [0.5, 0.6) is 11.5 Å². The molecule has 13 heteroatoms. The van der Waals surface area contributed by atoms with E-state index in [2.05, 4.69) is 26.4 Å². The monoisotopic (exact) mass is 608 g/mol. The molecule has 228 valence electrons. The SMILES string of the molecule is CNCCNC(=O)c1ccc(-c2cc3nccc(-c4ccc(OC5CCOCC5)c(C#N)c4)c3o2)cc1OC(=O)C(F)(F)F. The van der Waals surface area contributed by atoms with Crippen molar-refractivity contribution in [3.63, 3.8) is 0 Å². The number of carbonyl (C=O) groups excluding carboxylic acids is 2. The summed E-state index contributed by atoms with van der Waals surface area (Å²) in [6, 6.07) is 14.5. The van der Waals surface area contributed by atoms with Crippen LogP contribution in [0.3, 0.4) is 0 Å². The number of ether oxygens (including phenoxy) is 3. The van der Waals surface area contributed by atoms with Gasteiger partial charge in [-0.1, -0.05) is 12.1 Å².